The van der Waals surface area contributed by atoms with Gasteiger partial charge in [0.05, 0.1) is 0 Å². The maximum absolute atomic E-state index is 5.52. The van der Waals surface area contributed by atoms with E-state index >= 15 is 0 Å². The first-order valence-electron chi connectivity index (χ1n) is 1.01. The van der Waals surface area contributed by atoms with Gasteiger partial charge in [0.1, 0.15) is 0 Å². The Bertz CT molecular complexity index is 62.7. The molecule has 0 atom stereocenters. The molecular formula is Cl6Ta-. The zero-order chi connectivity index (χ0) is 6.41. The number of rotatable bonds is 0. The second kappa shape index (κ2) is 1.55. The van der Waals surface area contributed by atoms with Crippen LogP contribution in [0.5, 0.6) is 0 Å². The Morgan fingerprint density at radius 3 is 0.571 bits per heavy atom. The van der Waals surface area contributed by atoms with Crippen molar-refractivity contribution in [3.8, 4) is 0 Å². The predicted octanol–water partition coefficient (Wildman–Crippen LogP) is 4.13. The van der Waals surface area contributed by atoms with Crippen molar-refractivity contribution in [1.82, 2.24) is 0 Å². The molecule has 0 heterocycles. The number of hydrogen-bond acceptors (Lipinski definition) is 0. The molecule has 0 nitrogen and oxygen atoms in total. The van der Waals surface area contributed by atoms with Crippen LogP contribution in [-0.2, 0) is 8.02 Å². The van der Waals surface area contributed by atoms with Crippen molar-refractivity contribution in [2.75, 3.05) is 0 Å². The third-order valence-corrected chi connectivity index (χ3v) is 0. The molecule has 0 bridgehead atoms. The molecule has 7 heavy (non-hydrogen) atoms. The molecule has 0 saturated heterocycles. The summed E-state index contributed by atoms with van der Waals surface area (Å²) in [6.07, 6.45) is 0. The van der Waals surface area contributed by atoms with Gasteiger partial charge in [0.25, 0.3) is 0 Å². The van der Waals surface area contributed by atoms with E-state index < -0.39 is 8.02 Å². The standard InChI is InChI=1S/6ClH.Ta/h6*1H;/q;;;;;;+5/p-6. The summed E-state index contributed by atoms with van der Waals surface area (Å²) in [5.74, 6) is 0. The second-order valence-corrected chi connectivity index (χ2v) is 70.6. The van der Waals surface area contributed by atoms with E-state index in [0.29, 0.717) is 0 Å². The summed E-state index contributed by atoms with van der Waals surface area (Å²) in [5.41, 5.74) is 0. The normalized spacial score (nSPS) is 23.1. The fourth-order valence-electron chi connectivity index (χ4n) is 0. The summed E-state index contributed by atoms with van der Waals surface area (Å²) in [6.45, 7) is 0. The maximum atomic E-state index is 5.07. The van der Waals surface area contributed by atoms with Crippen LogP contribution in [0.15, 0.2) is 0 Å². The van der Waals surface area contributed by atoms with Crippen LogP contribution in [0.4, 0.5) is 0 Å². The number of halogens is 6. The minimum atomic E-state index is -5.52. The summed E-state index contributed by atoms with van der Waals surface area (Å²) in [6, 6.07) is 0. The van der Waals surface area contributed by atoms with Crippen LogP contribution in [0.25, 0.3) is 0 Å². The van der Waals surface area contributed by atoms with E-state index in [1.54, 1.807) is 0 Å². The quantitative estimate of drug-likeness (QED) is 0.580. The molecule has 0 rings (SSSR count). The van der Waals surface area contributed by atoms with Gasteiger partial charge in [-0.15, -0.1) is 0 Å². The molecule has 0 fully saturated rings. The molecular weight excluding hydrogens is 394 g/mol. The molecule has 0 saturated carbocycles. The van der Waals surface area contributed by atoms with Crippen molar-refractivity contribution >= 4 is 55.1 Å². The molecule has 0 aliphatic rings. The Morgan fingerprint density at radius 2 is 0.571 bits per heavy atom. The van der Waals surface area contributed by atoms with Crippen LogP contribution < -0.4 is 0 Å². The monoisotopic (exact) mass is 391 g/mol. The predicted molar refractivity (Wildman–Crippen MR) is 35.1 cm³/mol. The first-order chi connectivity index (χ1) is 2.45. The molecule has 0 aromatic carbocycles. The third kappa shape index (κ3) is 57.9. The zero-order valence-corrected chi connectivity index (χ0v) is 10.5. The van der Waals surface area contributed by atoms with Gasteiger partial charge in [-0.1, -0.05) is 0 Å². The summed E-state index contributed by atoms with van der Waals surface area (Å²) >= 11 is 0. The summed E-state index contributed by atoms with van der Waals surface area (Å²) < 4.78 is 0. The van der Waals surface area contributed by atoms with Crippen molar-refractivity contribution in [2.45, 2.75) is 0 Å². The Morgan fingerprint density at radius 1 is 0.571 bits per heavy atom. The van der Waals surface area contributed by atoms with Crippen molar-refractivity contribution in [2.24, 2.45) is 0 Å². The molecule has 0 aromatic heterocycles. The SMILES string of the molecule is [Cl][Ta-]([Cl])([Cl])([Cl])([Cl])[Cl]. The van der Waals surface area contributed by atoms with E-state index in [9.17, 15) is 0 Å². The van der Waals surface area contributed by atoms with Gasteiger partial charge >= 0.3 is 63.2 Å². The van der Waals surface area contributed by atoms with Crippen molar-refractivity contribution in [3.05, 3.63) is 0 Å². The average molecular weight is 394 g/mol. The van der Waals surface area contributed by atoms with Crippen LogP contribution in [0.1, 0.15) is 0 Å². The molecule has 0 radical (unpaired) electrons. The van der Waals surface area contributed by atoms with Crippen molar-refractivity contribution in [1.29, 1.82) is 0 Å². The fourth-order valence-corrected chi connectivity index (χ4v) is 0. The molecule has 7 heteroatoms. The van der Waals surface area contributed by atoms with Gasteiger partial charge < -0.3 is 0 Å². The topological polar surface area (TPSA) is 0 Å². The molecule has 0 aromatic rings. The fraction of sp³-hybridized carbons (Fsp3) is 0. The molecule has 0 amide bonds. The average Bonchev–Trinajstić information content (AvgIpc) is 0.592. The van der Waals surface area contributed by atoms with Crippen LogP contribution in [0.2, 0.25) is 0 Å². The molecule has 0 aliphatic heterocycles. The Balaban J connectivity index is 4.43. The zero-order valence-electron chi connectivity index (χ0n) is 2.72. The summed E-state index contributed by atoms with van der Waals surface area (Å²) in [7, 11) is 24.9. The van der Waals surface area contributed by atoms with E-state index in [4.69, 9.17) is 55.1 Å². The molecule has 0 aliphatic carbocycles. The van der Waals surface area contributed by atoms with Crippen LogP contribution in [-0.4, -0.2) is 0 Å². The van der Waals surface area contributed by atoms with Gasteiger partial charge in [0.15, 0.2) is 0 Å². The third-order valence-electron chi connectivity index (χ3n) is 0. The van der Waals surface area contributed by atoms with E-state index in [1.807, 2.05) is 0 Å². The van der Waals surface area contributed by atoms with Gasteiger partial charge in [0, 0.05) is 0 Å². The Hall–Kier alpha value is 2.48. The van der Waals surface area contributed by atoms with Gasteiger partial charge in [-0.25, -0.2) is 0 Å². The van der Waals surface area contributed by atoms with Gasteiger partial charge in [-0.2, -0.15) is 0 Å². The summed E-state index contributed by atoms with van der Waals surface area (Å²) in [5, 5.41) is 0. The van der Waals surface area contributed by atoms with Crippen LogP contribution in [0, 0.1) is 0 Å². The molecule has 0 N–H and O–H groups in total. The Labute approximate surface area is 62.3 Å². The van der Waals surface area contributed by atoms with Crippen LogP contribution in [0.3, 0.4) is 0 Å². The van der Waals surface area contributed by atoms with Gasteiger partial charge in [-0.3, -0.25) is 0 Å². The second-order valence-electron chi connectivity index (χ2n) is 0.958. The first kappa shape index (κ1) is 9.48. The van der Waals surface area contributed by atoms with E-state index in [0.717, 1.165) is 0 Å². The van der Waals surface area contributed by atoms with Crippen LogP contribution >= 0.6 is 55.1 Å². The minimum absolute atomic E-state index is 5.07. The van der Waals surface area contributed by atoms with Gasteiger partial charge in [-0.05, 0) is 0 Å². The van der Waals surface area contributed by atoms with E-state index in [2.05, 4.69) is 0 Å². The van der Waals surface area contributed by atoms with Crippen molar-refractivity contribution in [3.63, 3.8) is 0 Å². The van der Waals surface area contributed by atoms with E-state index in [1.165, 1.54) is 0 Å². The first-order valence-corrected chi connectivity index (χ1v) is 24.9. The molecule has 48 valence electrons. The number of hydrogen-bond donors (Lipinski definition) is 0. The van der Waals surface area contributed by atoms with Gasteiger partial charge in [0.2, 0.25) is 0 Å². The summed E-state index contributed by atoms with van der Waals surface area (Å²) in [4.78, 5) is 0. The molecule has 0 spiro atoms. The van der Waals surface area contributed by atoms with E-state index in [-0.39, 0.29) is 0 Å². The van der Waals surface area contributed by atoms with Crippen molar-refractivity contribution < 1.29 is 8.02 Å². The molecule has 0 unspecified atom stereocenters. The Kier molecular flexibility index (Phi) is 2.10.